The number of likely N-dealkylation sites (tertiary alicyclic amines) is 1. The largest absolute Gasteiger partial charge is 0.368 e. The van der Waals surface area contributed by atoms with Crippen molar-refractivity contribution in [1.29, 1.82) is 0 Å². The maximum Gasteiger partial charge on any atom is 0.245 e. The van der Waals surface area contributed by atoms with Gasteiger partial charge in [-0.3, -0.25) is 14.4 Å². The number of carbonyl (C=O) groups is 3. The van der Waals surface area contributed by atoms with E-state index in [-0.39, 0.29) is 11.8 Å². The van der Waals surface area contributed by atoms with Gasteiger partial charge < -0.3 is 16.0 Å². The van der Waals surface area contributed by atoms with Crippen molar-refractivity contribution in [2.24, 2.45) is 11.1 Å². The molecule has 1 fully saturated rings. The van der Waals surface area contributed by atoms with Crippen molar-refractivity contribution in [3.05, 3.63) is 0 Å². The maximum absolute atomic E-state index is 12.4. The molecular formula is C14H25N3O3. The Labute approximate surface area is 120 Å². The Balaban J connectivity index is 2.72. The molecular weight excluding hydrogens is 258 g/mol. The molecule has 0 saturated carbocycles. The van der Waals surface area contributed by atoms with Gasteiger partial charge in [0.15, 0.2) is 0 Å². The van der Waals surface area contributed by atoms with Gasteiger partial charge in [0.05, 0.1) is 0 Å². The molecule has 1 heterocycles. The van der Waals surface area contributed by atoms with E-state index in [1.165, 1.54) is 4.90 Å². The highest BCUT2D eigenvalue weighted by Crippen LogP contribution is 2.18. The van der Waals surface area contributed by atoms with E-state index in [1.54, 1.807) is 27.7 Å². The number of amides is 3. The predicted octanol–water partition coefficient (Wildman–Crippen LogP) is 0.404. The summed E-state index contributed by atoms with van der Waals surface area (Å²) < 4.78 is 0. The lowest BCUT2D eigenvalue weighted by atomic mass is 9.95. The molecule has 20 heavy (non-hydrogen) atoms. The SMILES string of the molecule is C[C@H](NC(=O)C(C)(C)C)C(=O)N1CCCC[C@H]1C(N)=O. The van der Waals surface area contributed by atoms with Crippen molar-refractivity contribution < 1.29 is 14.4 Å². The minimum absolute atomic E-state index is 0.189. The summed E-state index contributed by atoms with van der Waals surface area (Å²) in [6.45, 7) is 7.51. The second-order valence-corrected chi connectivity index (χ2v) is 6.39. The van der Waals surface area contributed by atoms with Gasteiger partial charge in [-0.05, 0) is 26.2 Å². The van der Waals surface area contributed by atoms with Crippen LogP contribution >= 0.6 is 0 Å². The first-order valence-electron chi connectivity index (χ1n) is 7.05. The lowest BCUT2D eigenvalue weighted by molar-refractivity contribution is -0.144. The molecule has 0 radical (unpaired) electrons. The van der Waals surface area contributed by atoms with Gasteiger partial charge in [-0.25, -0.2) is 0 Å². The molecule has 6 heteroatoms. The van der Waals surface area contributed by atoms with E-state index in [1.807, 2.05) is 0 Å². The highest BCUT2D eigenvalue weighted by atomic mass is 16.2. The Hall–Kier alpha value is -1.59. The van der Waals surface area contributed by atoms with Crippen LogP contribution in [0.2, 0.25) is 0 Å². The van der Waals surface area contributed by atoms with Crippen molar-refractivity contribution in [3.63, 3.8) is 0 Å². The number of nitrogens with two attached hydrogens (primary N) is 1. The van der Waals surface area contributed by atoms with Crippen molar-refractivity contribution >= 4 is 17.7 Å². The number of primary amides is 1. The van der Waals surface area contributed by atoms with Gasteiger partial charge in [-0.1, -0.05) is 20.8 Å². The summed E-state index contributed by atoms with van der Waals surface area (Å²) in [6.07, 6.45) is 2.34. The molecule has 1 rings (SSSR count). The van der Waals surface area contributed by atoms with Crippen LogP contribution in [0.1, 0.15) is 47.0 Å². The Morgan fingerprint density at radius 1 is 1.25 bits per heavy atom. The van der Waals surface area contributed by atoms with E-state index in [0.717, 1.165) is 12.8 Å². The first-order chi connectivity index (χ1) is 9.14. The van der Waals surface area contributed by atoms with Gasteiger partial charge in [-0.15, -0.1) is 0 Å². The van der Waals surface area contributed by atoms with Crippen molar-refractivity contribution in [3.8, 4) is 0 Å². The van der Waals surface area contributed by atoms with Crippen LogP contribution in [0.4, 0.5) is 0 Å². The Bertz CT molecular complexity index is 401. The molecule has 0 spiro atoms. The normalized spacial score (nSPS) is 21.2. The fourth-order valence-corrected chi connectivity index (χ4v) is 2.21. The third-order valence-electron chi connectivity index (χ3n) is 3.51. The van der Waals surface area contributed by atoms with Gasteiger partial charge in [0.25, 0.3) is 0 Å². The number of nitrogens with zero attached hydrogens (tertiary/aromatic N) is 1. The van der Waals surface area contributed by atoms with Crippen LogP contribution in [0.15, 0.2) is 0 Å². The molecule has 114 valence electrons. The Morgan fingerprint density at radius 3 is 2.35 bits per heavy atom. The van der Waals surface area contributed by atoms with Crippen LogP contribution < -0.4 is 11.1 Å². The molecule has 1 aliphatic rings. The zero-order chi connectivity index (χ0) is 15.5. The molecule has 1 aliphatic heterocycles. The van der Waals surface area contributed by atoms with Crippen LogP contribution in [0.3, 0.4) is 0 Å². The van der Waals surface area contributed by atoms with E-state index in [4.69, 9.17) is 5.73 Å². The fourth-order valence-electron chi connectivity index (χ4n) is 2.21. The summed E-state index contributed by atoms with van der Waals surface area (Å²) in [4.78, 5) is 37.2. The second kappa shape index (κ2) is 6.24. The Kier molecular flexibility index (Phi) is 5.14. The first kappa shape index (κ1) is 16.5. The van der Waals surface area contributed by atoms with Crippen molar-refractivity contribution in [1.82, 2.24) is 10.2 Å². The molecule has 2 atom stereocenters. The third-order valence-corrected chi connectivity index (χ3v) is 3.51. The lowest BCUT2D eigenvalue weighted by Gasteiger charge is -2.35. The zero-order valence-corrected chi connectivity index (χ0v) is 12.7. The van der Waals surface area contributed by atoms with E-state index >= 15 is 0 Å². The number of carbonyl (C=O) groups excluding carboxylic acids is 3. The van der Waals surface area contributed by atoms with Gasteiger partial charge in [0.2, 0.25) is 17.7 Å². The number of hydrogen-bond acceptors (Lipinski definition) is 3. The molecule has 3 amide bonds. The Morgan fingerprint density at radius 2 is 1.85 bits per heavy atom. The molecule has 0 bridgehead atoms. The highest BCUT2D eigenvalue weighted by Gasteiger charge is 2.34. The minimum atomic E-state index is -0.651. The van der Waals surface area contributed by atoms with E-state index < -0.39 is 23.4 Å². The molecule has 6 nitrogen and oxygen atoms in total. The molecule has 0 aromatic heterocycles. The molecule has 1 saturated heterocycles. The summed E-state index contributed by atoms with van der Waals surface area (Å²) in [5, 5.41) is 2.69. The average molecular weight is 283 g/mol. The van der Waals surface area contributed by atoms with Crippen LogP contribution in [0.25, 0.3) is 0 Å². The lowest BCUT2D eigenvalue weighted by Crippen LogP contribution is -2.56. The summed E-state index contributed by atoms with van der Waals surface area (Å²) in [6, 6.07) is -1.20. The second-order valence-electron chi connectivity index (χ2n) is 6.39. The van der Waals surface area contributed by atoms with Gasteiger partial charge in [-0.2, -0.15) is 0 Å². The number of rotatable bonds is 3. The van der Waals surface area contributed by atoms with E-state index in [9.17, 15) is 14.4 Å². The molecule has 0 unspecified atom stereocenters. The topological polar surface area (TPSA) is 92.5 Å². The molecule has 0 aromatic carbocycles. The van der Waals surface area contributed by atoms with Crippen LogP contribution in [-0.4, -0.2) is 41.2 Å². The third kappa shape index (κ3) is 3.95. The van der Waals surface area contributed by atoms with Crippen molar-refractivity contribution in [2.45, 2.75) is 59.0 Å². The average Bonchev–Trinajstić information content (AvgIpc) is 2.36. The predicted molar refractivity (Wildman–Crippen MR) is 75.6 cm³/mol. The minimum Gasteiger partial charge on any atom is -0.368 e. The number of hydrogen-bond donors (Lipinski definition) is 2. The fraction of sp³-hybridized carbons (Fsp3) is 0.786. The smallest absolute Gasteiger partial charge is 0.245 e. The first-order valence-corrected chi connectivity index (χ1v) is 7.05. The monoisotopic (exact) mass is 283 g/mol. The molecule has 0 aromatic rings. The number of piperidine rings is 1. The van der Waals surface area contributed by atoms with Crippen molar-refractivity contribution in [2.75, 3.05) is 6.54 Å². The van der Waals surface area contributed by atoms with Crippen LogP contribution in [0.5, 0.6) is 0 Å². The quantitative estimate of drug-likeness (QED) is 0.785. The standard InChI is InChI=1S/C14H25N3O3/c1-9(16-13(20)14(2,3)4)12(19)17-8-6-5-7-10(17)11(15)18/h9-10H,5-8H2,1-4H3,(H2,15,18)(H,16,20)/t9-,10-/m0/s1. The zero-order valence-electron chi connectivity index (χ0n) is 12.7. The summed E-state index contributed by atoms with van der Waals surface area (Å²) in [5.41, 5.74) is 4.79. The molecule has 0 aliphatic carbocycles. The number of nitrogens with one attached hydrogen (secondary N) is 1. The maximum atomic E-state index is 12.4. The van der Waals surface area contributed by atoms with Gasteiger partial charge in [0, 0.05) is 12.0 Å². The highest BCUT2D eigenvalue weighted by molar-refractivity contribution is 5.92. The van der Waals surface area contributed by atoms with Gasteiger partial charge >= 0.3 is 0 Å². The summed E-state index contributed by atoms with van der Waals surface area (Å²) in [7, 11) is 0. The van der Waals surface area contributed by atoms with Crippen LogP contribution in [-0.2, 0) is 14.4 Å². The molecule has 3 N–H and O–H groups in total. The van der Waals surface area contributed by atoms with Crippen LogP contribution in [0, 0.1) is 5.41 Å². The summed E-state index contributed by atoms with van der Waals surface area (Å²) >= 11 is 0. The van der Waals surface area contributed by atoms with Gasteiger partial charge in [0.1, 0.15) is 12.1 Å². The summed E-state index contributed by atoms with van der Waals surface area (Å²) in [5.74, 6) is -0.913. The van der Waals surface area contributed by atoms with E-state index in [0.29, 0.717) is 13.0 Å². The van der Waals surface area contributed by atoms with E-state index in [2.05, 4.69) is 5.32 Å².